The average Bonchev–Trinajstić information content (AvgIpc) is 3.16. The molecule has 0 unspecified atom stereocenters. The summed E-state index contributed by atoms with van der Waals surface area (Å²) in [7, 11) is 0. The number of hydrogen-bond acceptors (Lipinski definition) is 3. The maximum Gasteiger partial charge on any atom is 0.224 e. The molecule has 0 N–H and O–H groups in total. The van der Waals surface area contributed by atoms with Gasteiger partial charge in [0.2, 0.25) is 5.88 Å². The number of rotatable bonds is 3. The Morgan fingerprint density at radius 1 is 1.16 bits per heavy atom. The summed E-state index contributed by atoms with van der Waals surface area (Å²) >= 11 is 5.87. The van der Waals surface area contributed by atoms with Crippen molar-refractivity contribution in [3.63, 3.8) is 0 Å². The molecule has 1 aliphatic rings. The number of ether oxygens (including phenoxy) is 1. The molecule has 1 aliphatic carbocycles. The lowest BCUT2D eigenvalue weighted by atomic mass is 10.3. The van der Waals surface area contributed by atoms with Crippen LogP contribution in [-0.2, 0) is 0 Å². The van der Waals surface area contributed by atoms with Crippen LogP contribution in [0.5, 0.6) is 11.6 Å². The first-order valence-electron chi connectivity index (χ1n) is 5.79. The van der Waals surface area contributed by atoms with E-state index in [0.29, 0.717) is 11.7 Å². The van der Waals surface area contributed by atoms with Gasteiger partial charge in [-0.05, 0) is 25.0 Å². The second-order valence-electron chi connectivity index (χ2n) is 4.34. The fourth-order valence-electron chi connectivity index (χ4n) is 1.66. The minimum atomic E-state index is -0.789. The molecule has 1 aromatic carbocycles. The van der Waals surface area contributed by atoms with Crippen LogP contribution in [0.25, 0.3) is 0 Å². The summed E-state index contributed by atoms with van der Waals surface area (Å²) in [5.41, 5.74) is 0. The van der Waals surface area contributed by atoms with Crippen molar-refractivity contribution in [1.29, 1.82) is 0 Å². The molecular weight excluding hydrogens is 274 g/mol. The number of nitrogens with zero attached hydrogens (tertiary/aromatic N) is 2. The largest absolute Gasteiger partial charge is 0.436 e. The van der Waals surface area contributed by atoms with Gasteiger partial charge in [-0.1, -0.05) is 11.6 Å². The molecule has 1 heterocycles. The molecule has 0 spiro atoms. The van der Waals surface area contributed by atoms with Gasteiger partial charge in [-0.3, -0.25) is 0 Å². The first kappa shape index (κ1) is 12.3. The zero-order valence-electron chi connectivity index (χ0n) is 9.74. The smallest absolute Gasteiger partial charge is 0.224 e. The minimum absolute atomic E-state index is 0.0992. The Bertz CT molecular complexity index is 632. The topological polar surface area (TPSA) is 35.0 Å². The second kappa shape index (κ2) is 4.74. The van der Waals surface area contributed by atoms with Crippen molar-refractivity contribution < 1.29 is 13.5 Å². The molecule has 0 atom stereocenters. The van der Waals surface area contributed by atoms with Crippen LogP contribution < -0.4 is 4.74 Å². The zero-order valence-corrected chi connectivity index (χ0v) is 10.5. The molecule has 98 valence electrons. The summed E-state index contributed by atoms with van der Waals surface area (Å²) in [6, 6.07) is 4.47. The number of benzene rings is 1. The van der Waals surface area contributed by atoms with E-state index < -0.39 is 11.6 Å². The molecule has 1 fully saturated rings. The van der Waals surface area contributed by atoms with E-state index in [1.54, 1.807) is 0 Å². The summed E-state index contributed by atoms with van der Waals surface area (Å²) in [4.78, 5) is 8.27. The first-order chi connectivity index (χ1) is 9.11. The average molecular weight is 283 g/mol. The maximum absolute atomic E-state index is 13.5. The molecule has 0 saturated heterocycles. The third-order valence-corrected chi connectivity index (χ3v) is 2.93. The van der Waals surface area contributed by atoms with Crippen LogP contribution in [0.2, 0.25) is 5.15 Å². The molecule has 0 amide bonds. The van der Waals surface area contributed by atoms with E-state index in [1.807, 2.05) is 0 Å². The fraction of sp³-hybridized carbons (Fsp3) is 0.231. The Hall–Kier alpha value is -1.75. The van der Waals surface area contributed by atoms with E-state index in [-0.39, 0.29) is 16.8 Å². The van der Waals surface area contributed by atoms with E-state index in [9.17, 15) is 8.78 Å². The van der Waals surface area contributed by atoms with Crippen LogP contribution in [0.15, 0.2) is 24.3 Å². The van der Waals surface area contributed by atoms with Crippen LogP contribution in [0.4, 0.5) is 8.78 Å². The van der Waals surface area contributed by atoms with Gasteiger partial charge in [0.15, 0.2) is 11.6 Å². The Balaban J connectivity index is 1.89. The van der Waals surface area contributed by atoms with Gasteiger partial charge < -0.3 is 4.74 Å². The highest BCUT2D eigenvalue weighted by Gasteiger charge is 2.27. The molecular formula is C13H9ClF2N2O. The zero-order chi connectivity index (χ0) is 13.4. The Morgan fingerprint density at radius 3 is 2.63 bits per heavy atom. The van der Waals surface area contributed by atoms with Gasteiger partial charge in [-0.15, -0.1) is 0 Å². The van der Waals surface area contributed by atoms with Crippen molar-refractivity contribution >= 4 is 11.6 Å². The van der Waals surface area contributed by atoms with Crippen molar-refractivity contribution in [3.8, 4) is 11.6 Å². The van der Waals surface area contributed by atoms with Crippen LogP contribution >= 0.6 is 11.6 Å². The van der Waals surface area contributed by atoms with Gasteiger partial charge in [0, 0.05) is 18.1 Å². The van der Waals surface area contributed by atoms with Gasteiger partial charge in [0.1, 0.15) is 16.8 Å². The van der Waals surface area contributed by atoms with Crippen molar-refractivity contribution in [3.05, 3.63) is 46.9 Å². The van der Waals surface area contributed by atoms with Crippen molar-refractivity contribution in [2.24, 2.45) is 0 Å². The summed E-state index contributed by atoms with van der Waals surface area (Å²) in [6.45, 7) is 0. The molecule has 0 bridgehead atoms. The molecule has 3 nitrogen and oxygen atoms in total. The summed E-state index contributed by atoms with van der Waals surface area (Å²) in [5.74, 6) is -0.485. The molecule has 1 aromatic heterocycles. The monoisotopic (exact) mass is 282 g/mol. The normalized spacial score (nSPS) is 14.5. The maximum atomic E-state index is 13.5. The Labute approximate surface area is 113 Å². The predicted octanol–water partition coefficient (Wildman–Crippen LogP) is 4.08. The molecule has 2 aromatic rings. The summed E-state index contributed by atoms with van der Waals surface area (Å²) in [6.07, 6.45) is 2.04. The minimum Gasteiger partial charge on any atom is -0.436 e. The molecule has 0 radical (unpaired) electrons. The highest BCUT2D eigenvalue weighted by molar-refractivity contribution is 6.29. The lowest BCUT2D eigenvalue weighted by molar-refractivity contribution is 0.421. The third kappa shape index (κ3) is 2.81. The summed E-state index contributed by atoms with van der Waals surface area (Å²) in [5, 5.41) is 0.245. The second-order valence-corrected chi connectivity index (χ2v) is 4.73. The standard InChI is InChI=1S/C13H9ClF2N2O/c14-11-6-12(18-13(17-11)7-1-2-7)19-10-4-3-8(15)5-9(10)16/h3-7H,1-2H2. The molecule has 19 heavy (non-hydrogen) atoms. The third-order valence-electron chi connectivity index (χ3n) is 2.74. The highest BCUT2D eigenvalue weighted by Crippen LogP contribution is 2.39. The first-order valence-corrected chi connectivity index (χ1v) is 6.17. The van der Waals surface area contributed by atoms with E-state index in [2.05, 4.69) is 9.97 Å². The quantitative estimate of drug-likeness (QED) is 0.796. The van der Waals surface area contributed by atoms with Gasteiger partial charge >= 0.3 is 0 Å². The van der Waals surface area contributed by atoms with Crippen molar-refractivity contribution in [2.75, 3.05) is 0 Å². The van der Waals surface area contributed by atoms with Gasteiger partial charge in [0.05, 0.1) is 0 Å². The highest BCUT2D eigenvalue weighted by atomic mass is 35.5. The molecule has 0 aliphatic heterocycles. The number of aromatic nitrogens is 2. The molecule has 6 heteroatoms. The van der Waals surface area contributed by atoms with Crippen LogP contribution in [0.3, 0.4) is 0 Å². The number of halogens is 3. The van der Waals surface area contributed by atoms with Gasteiger partial charge in [-0.2, -0.15) is 4.98 Å². The van der Waals surface area contributed by atoms with E-state index in [4.69, 9.17) is 16.3 Å². The lowest BCUT2D eigenvalue weighted by Crippen LogP contribution is -1.97. The van der Waals surface area contributed by atoms with Crippen LogP contribution in [0.1, 0.15) is 24.6 Å². The summed E-state index contributed by atoms with van der Waals surface area (Å²) < 4.78 is 31.5. The van der Waals surface area contributed by atoms with Crippen LogP contribution in [0, 0.1) is 11.6 Å². The fourth-order valence-corrected chi connectivity index (χ4v) is 1.84. The number of hydrogen-bond donors (Lipinski definition) is 0. The van der Waals surface area contributed by atoms with E-state index >= 15 is 0 Å². The van der Waals surface area contributed by atoms with E-state index in [1.165, 1.54) is 12.1 Å². The van der Waals surface area contributed by atoms with Crippen molar-refractivity contribution in [1.82, 2.24) is 9.97 Å². The van der Waals surface area contributed by atoms with Gasteiger partial charge in [0.25, 0.3) is 0 Å². The SMILES string of the molecule is Fc1ccc(Oc2cc(Cl)nc(C3CC3)n2)c(F)c1. The Morgan fingerprint density at radius 2 is 1.95 bits per heavy atom. The van der Waals surface area contributed by atoms with Crippen LogP contribution in [-0.4, -0.2) is 9.97 Å². The van der Waals surface area contributed by atoms with Gasteiger partial charge in [-0.25, -0.2) is 13.8 Å². The Kier molecular flexibility index (Phi) is 3.06. The predicted molar refractivity (Wildman–Crippen MR) is 65.4 cm³/mol. The van der Waals surface area contributed by atoms with E-state index in [0.717, 1.165) is 25.0 Å². The van der Waals surface area contributed by atoms with Crippen molar-refractivity contribution in [2.45, 2.75) is 18.8 Å². The lowest BCUT2D eigenvalue weighted by Gasteiger charge is -2.07. The molecule has 1 saturated carbocycles. The molecule has 3 rings (SSSR count).